The minimum absolute atomic E-state index is 0.0887. The second-order valence-corrected chi connectivity index (χ2v) is 6.39. The number of aromatic hydroxyl groups is 1. The molecule has 20 heavy (non-hydrogen) atoms. The summed E-state index contributed by atoms with van der Waals surface area (Å²) in [6.07, 6.45) is 0. The average molecular weight is 295 g/mol. The fraction of sp³-hybridized carbons (Fsp3) is 0.308. The van der Waals surface area contributed by atoms with E-state index < -0.39 is 10.0 Å². The van der Waals surface area contributed by atoms with Gasteiger partial charge in [0.25, 0.3) is 10.0 Å². The van der Waals surface area contributed by atoms with Gasteiger partial charge in [0.15, 0.2) is 0 Å². The Bertz CT molecular complexity index is 744. The second kappa shape index (κ2) is 4.82. The number of aromatic amines is 1. The SMILES string of the molecule is Cc1ccc(NS(=O)(=O)c2c(C)n[nH]c2C)c(C)c1O. The van der Waals surface area contributed by atoms with Gasteiger partial charge >= 0.3 is 0 Å². The molecule has 2 rings (SSSR count). The molecule has 0 fully saturated rings. The fourth-order valence-corrected chi connectivity index (χ4v) is 3.57. The Labute approximate surface area is 117 Å². The number of phenolic OH excluding ortho intramolecular Hbond substituents is 1. The van der Waals surface area contributed by atoms with Crippen LogP contribution in [0.3, 0.4) is 0 Å². The van der Waals surface area contributed by atoms with Crippen LogP contribution in [0.1, 0.15) is 22.5 Å². The van der Waals surface area contributed by atoms with Gasteiger partial charge in [-0.2, -0.15) is 5.10 Å². The van der Waals surface area contributed by atoms with E-state index in [9.17, 15) is 13.5 Å². The molecule has 0 saturated carbocycles. The summed E-state index contributed by atoms with van der Waals surface area (Å²) in [5.41, 5.74) is 2.43. The molecule has 0 atom stereocenters. The summed E-state index contributed by atoms with van der Waals surface area (Å²) in [5.74, 6) is 0.0887. The summed E-state index contributed by atoms with van der Waals surface area (Å²) >= 11 is 0. The number of hydrogen-bond acceptors (Lipinski definition) is 4. The lowest BCUT2D eigenvalue weighted by Gasteiger charge is -2.13. The minimum Gasteiger partial charge on any atom is -0.507 e. The Kier molecular flexibility index (Phi) is 3.47. The normalized spacial score (nSPS) is 11.6. The highest BCUT2D eigenvalue weighted by Crippen LogP contribution is 2.30. The van der Waals surface area contributed by atoms with E-state index in [1.54, 1.807) is 39.8 Å². The summed E-state index contributed by atoms with van der Waals surface area (Å²) in [7, 11) is -3.74. The lowest BCUT2D eigenvalue weighted by molar-refractivity contribution is 0.467. The van der Waals surface area contributed by atoms with Crippen LogP contribution in [0.4, 0.5) is 5.69 Å². The monoisotopic (exact) mass is 295 g/mol. The molecule has 0 aliphatic heterocycles. The molecule has 0 unspecified atom stereocenters. The summed E-state index contributed by atoms with van der Waals surface area (Å²) in [6, 6.07) is 3.29. The van der Waals surface area contributed by atoms with Crippen molar-refractivity contribution in [2.24, 2.45) is 0 Å². The largest absolute Gasteiger partial charge is 0.507 e. The Morgan fingerprint density at radius 2 is 1.85 bits per heavy atom. The number of anilines is 1. The molecule has 0 aliphatic rings. The zero-order valence-corrected chi connectivity index (χ0v) is 12.6. The number of nitrogens with one attached hydrogen (secondary N) is 2. The lowest BCUT2D eigenvalue weighted by atomic mass is 10.1. The maximum absolute atomic E-state index is 12.4. The number of rotatable bonds is 3. The second-order valence-electron chi connectivity index (χ2n) is 4.77. The van der Waals surface area contributed by atoms with Crippen LogP contribution < -0.4 is 4.72 Å². The summed E-state index contributed by atoms with van der Waals surface area (Å²) < 4.78 is 27.3. The number of sulfonamides is 1. The van der Waals surface area contributed by atoms with Crippen LogP contribution in [0, 0.1) is 27.7 Å². The third kappa shape index (κ3) is 2.36. The first-order chi connectivity index (χ1) is 9.24. The molecule has 3 N–H and O–H groups in total. The number of nitrogens with zero attached hydrogens (tertiary/aromatic N) is 1. The van der Waals surface area contributed by atoms with Gasteiger partial charge in [0.05, 0.1) is 17.1 Å². The van der Waals surface area contributed by atoms with E-state index in [1.807, 2.05) is 0 Å². The first-order valence-electron chi connectivity index (χ1n) is 6.07. The molecule has 0 spiro atoms. The zero-order chi connectivity index (χ0) is 15.1. The Hall–Kier alpha value is -2.02. The van der Waals surface area contributed by atoms with Crippen LogP contribution in [0.25, 0.3) is 0 Å². The number of hydrogen-bond donors (Lipinski definition) is 3. The van der Waals surface area contributed by atoms with Crippen molar-refractivity contribution in [3.63, 3.8) is 0 Å². The highest BCUT2D eigenvalue weighted by atomic mass is 32.2. The van der Waals surface area contributed by atoms with E-state index in [0.29, 0.717) is 28.2 Å². The molecule has 0 amide bonds. The highest BCUT2D eigenvalue weighted by molar-refractivity contribution is 7.92. The van der Waals surface area contributed by atoms with Gasteiger partial charge in [0, 0.05) is 5.56 Å². The molecule has 1 aromatic carbocycles. The highest BCUT2D eigenvalue weighted by Gasteiger charge is 2.23. The van der Waals surface area contributed by atoms with Crippen molar-refractivity contribution in [2.45, 2.75) is 32.6 Å². The number of aryl methyl sites for hydroxylation is 3. The van der Waals surface area contributed by atoms with Crippen molar-refractivity contribution < 1.29 is 13.5 Å². The average Bonchev–Trinajstić information content (AvgIpc) is 2.70. The molecule has 0 radical (unpaired) electrons. The summed E-state index contributed by atoms with van der Waals surface area (Å²) in [5, 5.41) is 16.4. The van der Waals surface area contributed by atoms with Gasteiger partial charge < -0.3 is 5.11 Å². The number of phenols is 1. The number of benzene rings is 1. The lowest BCUT2D eigenvalue weighted by Crippen LogP contribution is -2.15. The standard InChI is InChI=1S/C13H17N3O3S/c1-7-5-6-11(8(2)12(7)17)16-20(18,19)13-9(3)14-15-10(13)4/h5-6,16-17H,1-4H3,(H,14,15). The molecule has 0 saturated heterocycles. The molecule has 6 nitrogen and oxygen atoms in total. The van der Waals surface area contributed by atoms with E-state index in [-0.39, 0.29) is 10.6 Å². The van der Waals surface area contributed by atoms with Crippen LogP contribution in [-0.2, 0) is 10.0 Å². The van der Waals surface area contributed by atoms with Crippen molar-refractivity contribution >= 4 is 15.7 Å². The van der Waals surface area contributed by atoms with E-state index in [2.05, 4.69) is 14.9 Å². The number of aromatic nitrogens is 2. The molecular weight excluding hydrogens is 278 g/mol. The maximum Gasteiger partial charge on any atom is 0.265 e. The molecular formula is C13H17N3O3S. The zero-order valence-electron chi connectivity index (χ0n) is 11.8. The van der Waals surface area contributed by atoms with Gasteiger partial charge in [-0.3, -0.25) is 9.82 Å². The quantitative estimate of drug-likeness (QED) is 0.808. The van der Waals surface area contributed by atoms with Gasteiger partial charge in [-0.15, -0.1) is 0 Å². The molecule has 1 heterocycles. The smallest absolute Gasteiger partial charge is 0.265 e. The first-order valence-corrected chi connectivity index (χ1v) is 7.56. The van der Waals surface area contributed by atoms with Gasteiger partial charge in [0.1, 0.15) is 10.6 Å². The van der Waals surface area contributed by atoms with E-state index >= 15 is 0 Å². The van der Waals surface area contributed by atoms with Gasteiger partial charge in [0.2, 0.25) is 0 Å². The number of H-pyrrole nitrogens is 1. The van der Waals surface area contributed by atoms with Crippen molar-refractivity contribution in [3.05, 3.63) is 34.6 Å². The van der Waals surface area contributed by atoms with Crippen LogP contribution >= 0.6 is 0 Å². The van der Waals surface area contributed by atoms with Gasteiger partial charge in [-0.25, -0.2) is 8.42 Å². The molecule has 7 heteroatoms. The Morgan fingerprint density at radius 1 is 1.20 bits per heavy atom. The molecule has 0 aliphatic carbocycles. The van der Waals surface area contributed by atoms with Gasteiger partial charge in [-0.1, -0.05) is 6.07 Å². The predicted octanol–water partition coefficient (Wildman–Crippen LogP) is 2.15. The van der Waals surface area contributed by atoms with E-state index in [1.165, 1.54) is 0 Å². The Balaban J connectivity index is 2.47. The fourth-order valence-electron chi connectivity index (χ4n) is 2.08. The first kappa shape index (κ1) is 14.4. The minimum atomic E-state index is -3.74. The van der Waals surface area contributed by atoms with Crippen molar-refractivity contribution in [1.82, 2.24) is 10.2 Å². The topological polar surface area (TPSA) is 95.1 Å². The van der Waals surface area contributed by atoms with Crippen molar-refractivity contribution in [2.75, 3.05) is 4.72 Å². The van der Waals surface area contributed by atoms with Gasteiger partial charge in [-0.05, 0) is 39.3 Å². The van der Waals surface area contributed by atoms with E-state index in [4.69, 9.17) is 0 Å². The molecule has 108 valence electrons. The maximum atomic E-state index is 12.4. The van der Waals surface area contributed by atoms with Crippen molar-refractivity contribution in [3.8, 4) is 5.75 Å². The van der Waals surface area contributed by atoms with Crippen LogP contribution in [0.2, 0.25) is 0 Å². The van der Waals surface area contributed by atoms with Crippen LogP contribution in [-0.4, -0.2) is 23.7 Å². The van der Waals surface area contributed by atoms with E-state index in [0.717, 1.165) is 0 Å². The predicted molar refractivity (Wildman–Crippen MR) is 76.5 cm³/mol. The molecule has 1 aromatic heterocycles. The summed E-state index contributed by atoms with van der Waals surface area (Å²) in [4.78, 5) is 0.136. The van der Waals surface area contributed by atoms with Crippen LogP contribution in [0.15, 0.2) is 17.0 Å². The third-order valence-electron chi connectivity index (χ3n) is 3.21. The Morgan fingerprint density at radius 3 is 2.40 bits per heavy atom. The van der Waals surface area contributed by atoms with Crippen LogP contribution in [0.5, 0.6) is 5.75 Å². The molecule has 2 aromatic rings. The van der Waals surface area contributed by atoms with Crippen molar-refractivity contribution in [1.29, 1.82) is 0 Å². The third-order valence-corrected chi connectivity index (χ3v) is 4.83. The molecule has 0 bridgehead atoms. The summed E-state index contributed by atoms with van der Waals surface area (Å²) in [6.45, 7) is 6.69.